The van der Waals surface area contributed by atoms with Crippen LogP contribution in [0.3, 0.4) is 0 Å². The molecule has 1 fully saturated rings. The van der Waals surface area contributed by atoms with Gasteiger partial charge in [-0.05, 0) is 32.1 Å². The van der Waals surface area contributed by atoms with Crippen molar-refractivity contribution in [3.05, 3.63) is 11.6 Å². The van der Waals surface area contributed by atoms with E-state index in [-0.39, 0.29) is 18.9 Å². The molecule has 0 spiro atoms. The summed E-state index contributed by atoms with van der Waals surface area (Å²) in [5.74, 6) is 0.0128. The minimum atomic E-state index is -3.28. The van der Waals surface area contributed by atoms with Gasteiger partial charge in [0.15, 0.2) is 0 Å². The van der Waals surface area contributed by atoms with Crippen LogP contribution in [0, 0.1) is 0 Å². The summed E-state index contributed by atoms with van der Waals surface area (Å²) in [4.78, 5) is 13.9. The van der Waals surface area contributed by atoms with Gasteiger partial charge in [0.05, 0.1) is 19.5 Å². The highest BCUT2D eigenvalue weighted by atomic mass is 32.2. The lowest BCUT2D eigenvalue weighted by molar-refractivity contribution is -0.135. The van der Waals surface area contributed by atoms with Crippen LogP contribution in [0.15, 0.2) is 11.6 Å². The Morgan fingerprint density at radius 1 is 1.26 bits per heavy atom. The summed E-state index contributed by atoms with van der Waals surface area (Å²) < 4.78 is 30.6. The smallest absolute Gasteiger partial charge is 0.224 e. The number of nitrogens with zero attached hydrogens (tertiary/aromatic N) is 2. The van der Waals surface area contributed by atoms with Crippen LogP contribution in [0.5, 0.6) is 0 Å². The monoisotopic (exact) mass is 344 g/mol. The molecule has 23 heavy (non-hydrogen) atoms. The van der Waals surface area contributed by atoms with Gasteiger partial charge in [-0.2, -0.15) is 0 Å². The lowest BCUT2D eigenvalue weighted by Gasteiger charge is -2.28. The van der Waals surface area contributed by atoms with Crippen LogP contribution in [-0.4, -0.2) is 69.2 Å². The lowest BCUT2D eigenvalue weighted by atomic mass is 9.97. The predicted octanol–water partition coefficient (Wildman–Crippen LogP) is 1.39. The van der Waals surface area contributed by atoms with Crippen LogP contribution >= 0.6 is 0 Å². The maximum atomic E-state index is 12.2. The molecule has 1 saturated heterocycles. The topological polar surface area (TPSA) is 66.9 Å². The minimum Gasteiger partial charge on any atom is -0.378 e. The first-order valence-electron chi connectivity index (χ1n) is 8.45. The molecule has 0 aromatic heterocycles. The fourth-order valence-corrected chi connectivity index (χ4v) is 3.88. The molecule has 7 heteroatoms. The van der Waals surface area contributed by atoms with E-state index >= 15 is 0 Å². The van der Waals surface area contributed by atoms with Crippen molar-refractivity contribution in [1.82, 2.24) is 9.21 Å². The highest BCUT2D eigenvalue weighted by molar-refractivity contribution is 7.88. The Morgan fingerprint density at radius 2 is 2.00 bits per heavy atom. The molecule has 2 rings (SSSR count). The molecule has 1 heterocycles. The summed E-state index contributed by atoms with van der Waals surface area (Å²) in [5.41, 5.74) is 1.35. The van der Waals surface area contributed by atoms with Crippen LogP contribution in [0.2, 0.25) is 0 Å². The van der Waals surface area contributed by atoms with Crippen LogP contribution in [0.1, 0.15) is 38.5 Å². The maximum absolute atomic E-state index is 12.2. The molecule has 6 nitrogen and oxygen atoms in total. The molecule has 0 aromatic rings. The number of sulfonamides is 1. The second kappa shape index (κ2) is 8.80. The SMILES string of the molecule is CS(=O)(=O)N(CCC(=O)N1CCOCC1)CCC1=CCCCC1. The quantitative estimate of drug-likeness (QED) is 0.655. The van der Waals surface area contributed by atoms with Gasteiger partial charge in [-0.3, -0.25) is 4.79 Å². The van der Waals surface area contributed by atoms with Gasteiger partial charge in [0.2, 0.25) is 15.9 Å². The van der Waals surface area contributed by atoms with E-state index in [2.05, 4.69) is 6.08 Å². The van der Waals surface area contributed by atoms with Crippen LogP contribution in [0.25, 0.3) is 0 Å². The zero-order valence-electron chi connectivity index (χ0n) is 14.0. The number of carbonyl (C=O) groups excluding carboxylic acids is 1. The molecule has 1 aliphatic carbocycles. The van der Waals surface area contributed by atoms with Crippen molar-refractivity contribution < 1.29 is 17.9 Å². The molecule has 0 radical (unpaired) electrons. The largest absolute Gasteiger partial charge is 0.378 e. The highest BCUT2D eigenvalue weighted by Crippen LogP contribution is 2.20. The zero-order chi connectivity index (χ0) is 16.7. The Bertz CT molecular complexity index is 524. The molecule has 0 atom stereocenters. The summed E-state index contributed by atoms with van der Waals surface area (Å²) in [6.07, 6.45) is 9.08. The first kappa shape index (κ1) is 18.4. The van der Waals surface area contributed by atoms with Crippen molar-refractivity contribution in [3.63, 3.8) is 0 Å². The van der Waals surface area contributed by atoms with E-state index in [4.69, 9.17) is 4.74 Å². The summed E-state index contributed by atoms with van der Waals surface area (Å²) in [6, 6.07) is 0. The van der Waals surface area contributed by atoms with Crippen molar-refractivity contribution in [3.8, 4) is 0 Å². The molecule has 0 unspecified atom stereocenters. The van der Waals surface area contributed by atoms with Gasteiger partial charge >= 0.3 is 0 Å². The van der Waals surface area contributed by atoms with Crippen molar-refractivity contribution >= 4 is 15.9 Å². The molecule has 0 N–H and O–H groups in total. The first-order chi connectivity index (χ1) is 11.0. The minimum absolute atomic E-state index is 0.0128. The predicted molar refractivity (Wildman–Crippen MR) is 89.6 cm³/mol. The summed E-state index contributed by atoms with van der Waals surface area (Å²) >= 11 is 0. The number of amides is 1. The van der Waals surface area contributed by atoms with E-state index in [0.29, 0.717) is 32.8 Å². The van der Waals surface area contributed by atoms with Crippen LogP contribution in [-0.2, 0) is 19.6 Å². The molecular formula is C16H28N2O4S. The average molecular weight is 344 g/mol. The van der Waals surface area contributed by atoms with Crippen molar-refractivity contribution in [2.45, 2.75) is 38.5 Å². The Hall–Kier alpha value is -0.920. The highest BCUT2D eigenvalue weighted by Gasteiger charge is 2.21. The van der Waals surface area contributed by atoms with Gasteiger partial charge in [-0.15, -0.1) is 0 Å². The van der Waals surface area contributed by atoms with Crippen molar-refractivity contribution in [2.75, 3.05) is 45.6 Å². The molecule has 132 valence electrons. The average Bonchev–Trinajstić information content (AvgIpc) is 2.55. The third kappa shape index (κ3) is 6.24. The fourth-order valence-electron chi connectivity index (χ4n) is 3.03. The summed E-state index contributed by atoms with van der Waals surface area (Å²) in [6.45, 7) is 3.07. The summed E-state index contributed by atoms with van der Waals surface area (Å²) in [5, 5.41) is 0. The first-order valence-corrected chi connectivity index (χ1v) is 10.3. The number of allylic oxidation sites excluding steroid dienone is 1. The number of ether oxygens (including phenoxy) is 1. The molecule has 0 aromatic carbocycles. The number of morpholine rings is 1. The number of hydrogen-bond donors (Lipinski definition) is 0. The lowest BCUT2D eigenvalue weighted by Crippen LogP contribution is -2.42. The van der Waals surface area contributed by atoms with Gasteiger partial charge in [-0.25, -0.2) is 12.7 Å². The van der Waals surface area contributed by atoms with Gasteiger partial charge in [0.1, 0.15) is 0 Å². The number of rotatable bonds is 7. The van der Waals surface area contributed by atoms with Crippen LogP contribution < -0.4 is 0 Å². The Balaban J connectivity index is 1.83. The van der Waals surface area contributed by atoms with E-state index in [9.17, 15) is 13.2 Å². The Labute approximate surface area is 139 Å². The third-order valence-electron chi connectivity index (χ3n) is 4.48. The Kier molecular flexibility index (Phi) is 7.05. The van der Waals surface area contributed by atoms with E-state index in [1.54, 1.807) is 4.90 Å². The maximum Gasteiger partial charge on any atom is 0.224 e. The molecular weight excluding hydrogens is 316 g/mol. The van der Waals surface area contributed by atoms with Gasteiger partial charge in [-0.1, -0.05) is 11.6 Å². The van der Waals surface area contributed by atoms with Gasteiger partial charge in [0, 0.05) is 32.6 Å². The van der Waals surface area contributed by atoms with E-state index < -0.39 is 10.0 Å². The van der Waals surface area contributed by atoms with Crippen molar-refractivity contribution in [2.24, 2.45) is 0 Å². The fraction of sp³-hybridized carbons (Fsp3) is 0.812. The second-order valence-electron chi connectivity index (χ2n) is 6.26. The normalized spacial score (nSPS) is 19.7. The van der Waals surface area contributed by atoms with Crippen molar-refractivity contribution in [1.29, 1.82) is 0 Å². The number of carbonyl (C=O) groups is 1. The molecule has 0 saturated carbocycles. The van der Waals surface area contributed by atoms with E-state index in [1.165, 1.54) is 29.0 Å². The second-order valence-corrected chi connectivity index (χ2v) is 8.25. The Morgan fingerprint density at radius 3 is 2.61 bits per heavy atom. The van der Waals surface area contributed by atoms with E-state index in [0.717, 1.165) is 19.3 Å². The standard InChI is InChI=1S/C16H28N2O4S/c1-23(20,21)18(9-7-15-5-3-2-4-6-15)10-8-16(19)17-11-13-22-14-12-17/h5H,2-4,6-14H2,1H3. The molecule has 1 amide bonds. The molecule has 1 aliphatic heterocycles. The zero-order valence-corrected chi connectivity index (χ0v) is 14.8. The van der Waals surface area contributed by atoms with Crippen LogP contribution in [0.4, 0.5) is 0 Å². The molecule has 2 aliphatic rings. The van der Waals surface area contributed by atoms with Gasteiger partial charge < -0.3 is 9.64 Å². The third-order valence-corrected chi connectivity index (χ3v) is 5.78. The van der Waals surface area contributed by atoms with E-state index in [1.807, 2.05) is 0 Å². The molecule has 0 bridgehead atoms. The van der Waals surface area contributed by atoms with Gasteiger partial charge in [0.25, 0.3) is 0 Å². The number of hydrogen-bond acceptors (Lipinski definition) is 4. The summed E-state index contributed by atoms with van der Waals surface area (Å²) in [7, 11) is -3.28.